The van der Waals surface area contributed by atoms with Crippen LogP contribution in [0.3, 0.4) is 0 Å². The quantitative estimate of drug-likeness (QED) is 0.796. The fourth-order valence-corrected chi connectivity index (χ4v) is 3.16. The maximum atomic E-state index is 12.4. The Kier molecular flexibility index (Phi) is 6.03. The zero-order valence-corrected chi connectivity index (χ0v) is 16.1. The predicted octanol–water partition coefficient (Wildman–Crippen LogP) is 2.27. The van der Waals surface area contributed by atoms with E-state index >= 15 is 0 Å². The lowest BCUT2D eigenvalue weighted by atomic mass is 9.99. The lowest BCUT2D eigenvalue weighted by Crippen LogP contribution is -2.38. The van der Waals surface area contributed by atoms with E-state index in [9.17, 15) is 14.4 Å². The summed E-state index contributed by atoms with van der Waals surface area (Å²) in [6.45, 7) is 4.65. The van der Waals surface area contributed by atoms with Crippen molar-refractivity contribution in [1.29, 1.82) is 0 Å². The highest BCUT2D eigenvalue weighted by atomic mass is 16.2. The summed E-state index contributed by atoms with van der Waals surface area (Å²) in [5.41, 5.74) is 3.08. The van der Waals surface area contributed by atoms with Gasteiger partial charge in [-0.25, -0.2) is 0 Å². The van der Waals surface area contributed by atoms with Crippen molar-refractivity contribution in [1.82, 2.24) is 10.3 Å². The lowest BCUT2D eigenvalue weighted by molar-refractivity contribution is -0.136. The molecule has 0 atom stereocenters. The third-order valence-electron chi connectivity index (χ3n) is 4.58. The van der Waals surface area contributed by atoms with E-state index in [0.29, 0.717) is 17.9 Å². The maximum Gasteiger partial charge on any atom is 0.313 e. The number of aryl methyl sites for hydroxylation is 1. The van der Waals surface area contributed by atoms with Crippen molar-refractivity contribution in [2.24, 2.45) is 5.92 Å². The van der Waals surface area contributed by atoms with Gasteiger partial charge >= 0.3 is 11.8 Å². The molecule has 3 rings (SSSR count). The second kappa shape index (κ2) is 8.65. The lowest BCUT2D eigenvalue weighted by Gasteiger charge is -2.31. The zero-order valence-electron chi connectivity index (χ0n) is 16.1. The monoisotopic (exact) mass is 380 g/mol. The van der Waals surface area contributed by atoms with Crippen molar-refractivity contribution in [3.05, 3.63) is 53.9 Å². The Bertz CT molecular complexity index is 880. The molecule has 7 nitrogen and oxygen atoms in total. The fraction of sp³-hybridized carbons (Fsp3) is 0.333. The van der Waals surface area contributed by atoms with Crippen molar-refractivity contribution in [2.75, 3.05) is 16.8 Å². The largest absolute Gasteiger partial charge is 0.342 e. The van der Waals surface area contributed by atoms with Crippen molar-refractivity contribution in [2.45, 2.75) is 33.2 Å². The molecule has 0 spiro atoms. The average molecular weight is 380 g/mol. The Balaban J connectivity index is 1.64. The van der Waals surface area contributed by atoms with Gasteiger partial charge in [0, 0.05) is 30.0 Å². The van der Waals surface area contributed by atoms with Gasteiger partial charge in [-0.2, -0.15) is 0 Å². The van der Waals surface area contributed by atoms with Crippen molar-refractivity contribution in [3.63, 3.8) is 0 Å². The first kappa shape index (κ1) is 19.5. The molecule has 0 radical (unpaired) electrons. The average Bonchev–Trinajstić information content (AvgIpc) is 2.71. The molecular formula is C21H24N4O3. The minimum absolute atomic E-state index is 0.0758. The Morgan fingerprint density at radius 2 is 1.96 bits per heavy atom. The Hall–Kier alpha value is -3.22. The van der Waals surface area contributed by atoms with E-state index < -0.39 is 11.8 Å². The summed E-state index contributed by atoms with van der Waals surface area (Å²) in [5, 5.41) is 5.17. The van der Waals surface area contributed by atoms with Gasteiger partial charge in [0.2, 0.25) is 5.91 Å². The first-order valence-electron chi connectivity index (χ1n) is 9.39. The molecule has 0 unspecified atom stereocenters. The number of aromatic nitrogens is 1. The number of anilines is 2. The summed E-state index contributed by atoms with van der Waals surface area (Å²) >= 11 is 0. The third kappa shape index (κ3) is 4.54. The van der Waals surface area contributed by atoms with Crippen LogP contribution in [0, 0.1) is 5.92 Å². The Labute approximate surface area is 164 Å². The highest BCUT2D eigenvalue weighted by molar-refractivity contribution is 6.39. The number of carbonyl (C=O) groups is 3. The molecule has 146 valence electrons. The van der Waals surface area contributed by atoms with E-state index in [1.54, 1.807) is 29.3 Å². The fourth-order valence-electron chi connectivity index (χ4n) is 3.16. The highest BCUT2D eigenvalue weighted by Gasteiger charge is 2.25. The number of amides is 3. The van der Waals surface area contributed by atoms with Crippen molar-refractivity contribution in [3.8, 4) is 0 Å². The number of rotatable bonds is 4. The van der Waals surface area contributed by atoms with Crippen LogP contribution in [0.4, 0.5) is 11.4 Å². The third-order valence-corrected chi connectivity index (χ3v) is 4.58. The molecule has 0 saturated carbocycles. The molecule has 2 heterocycles. The van der Waals surface area contributed by atoms with E-state index in [1.807, 2.05) is 32.0 Å². The van der Waals surface area contributed by atoms with Crippen LogP contribution in [-0.2, 0) is 27.3 Å². The topological polar surface area (TPSA) is 91.4 Å². The maximum absolute atomic E-state index is 12.4. The van der Waals surface area contributed by atoms with Gasteiger partial charge in [-0.3, -0.25) is 19.4 Å². The van der Waals surface area contributed by atoms with E-state index in [1.165, 1.54) is 0 Å². The summed E-state index contributed by atoms with van der Waals surface area (Å²) in [4.78, 5) is 42.5. The van der Waals surface area contributed by atoms with Crippen molar-refractivity contribution >= 4 is 29.1 Å². The smallest absolute Gasteiger partial charge is 0.313 e. The molecule has 2 aromatic rings. The van der Waals surface area contributed by atoms with Crippen molar-refractivity contribution < 1.29 is 14.4 Å². The van der Waals surface area contributed by atoms with Crippen LogP contribution < -0.4 is 15.5 Å². The number of pyridine rings is 1. The molecule has 7 heteroatoms. The summed E-state index contributed by atoms with van der Waals surface area (Å²) in [7, 11) is 0. The second-order valence-electron chi connectivity index (χ2n) is 7.05. The molecule has 1 aromatic heterocycles. The molecule has 1 aliphatic heterocycles. The molecular weight excluding hydrogens is 356 g/mol. The summed E-state index contributed by atoms with van der Waals surface area (Å²) in [6.07, 6.45) is 3.32. The Morgan fingerprint density at radius 1 is 1.14 bits per heavy atom. The van der Waals surface area contributed by atoms with Crippen LogP contribution in [0.15, 0.2) is 42.6 Å². The predicted molar refractivity (Wildman–Crippen MR) is 107 cm³/mol. The molecule has 0 bridgehead atoms. The van der Waals surface area contributed by atoms with Gasteiger partial charge in [0.1, 0.15) is 0 Å². The number of hydrogen-bond acceptors (Lipinski definition) is 4. The second-order valence-corrected chi connectivity index (χ2v) is 7.05. The zero-order chi connectivity index (χ0) is 20.1. The van der Waals surface area contributed by atoms with Crippen LogP contribution in [0.1, 0.15) is 31.5 Å². The van der Waals surface area contributed by atoms with E-state index in [-0.39, 0.29) is 18.4 Å². The SMILES string of the molecule is CC(C)C(=O)N1CCCc2cc(NC(=O)C(=O)NCc3ccccn3)ccc21. The van der Waals surface area contributed by atoms with Gasteiger partial charge in [-0.15, -0.1) is 0 Å². The highest BCUT2D eigenvalue weighted by Crippen LogP contribution is 2.30. The number of nitrogens with zero attached hydrogens (tertiary/aromatic N) is 2. The van der Waals surface area contributed by atoms with Crippen LogP contribution in [0.5, 0.6) is 0 Å². The summed E-state index contributed by atoms with van der Waals surface area (Å²) < 4.78 is 0. The first-order chi connectivity index (χ1) is 13.5. The van der Waals surface area contributed by atoms with Crippen LogP contribution in [0.2, 0.25) is 0 Å². The van der Waals surface area contributed by atoms with Gasteiger partial charge < -0.3 is 15.5 Å². The summed E-state index contributed by atoms with van der Waals surface area (Å²) in [5.74, 6) is -1.44. The number of fused-ring (bicyclic) bond motifs is 1. The molecule has 0 fully saturated rings. The molecule has 2 N–H and O–H groups in total. The molecule has 0 aliphatic carbocycles. The molecule has 1 aliphatic rings. The minimum atomic E-state index is -0.734. The summed E-state index contributed by atoms with van der Waals surface area (Å²) in [6, 6.07) is 10.7. The first-order valence-corrected chi connectivity index (χ1v) is 9.39. The molecule has 28 heavy (non-hydrogen) atoms. The number of benzene rings is 1. The molecule has 0 saturated heterocycles. The van der Waals surface area contributed by atoms with Gasteiger partial charge in [0.05, 0.1) is 12.2 Å². The van der Waals surface area contributed by atoms with Gasteiger partial charge in [-0.05, 0) is 48.7 Å². The van der Waals surface area contributed by atoms with E-state index in [2.05, 4.69) is 15.6 Å². The van der Waals surface area contributed by atoms with Crippen LogP contribution in [0.25, 0.3) is 0 Å². The minimum Gasteiger partial charge on any atom is -0.342 e. The number of carbonyl (C=O) groups excluding carboxylic acids is 3. The normalized spacial score (nSPS) is 13.0. The number of nitrogens with one attached hydrogen (secondary N) is 2. The standard InChI is InChI=1S/C21H24N4O3/c1-14(2)21(28)25-11-5-6-15-12-16(8-9-18(15)25)24-20(27)19(26)23-13-17-7-3-4-10-22-17/h3-4,7-10,12,14H,5-6,11,13H2,1-2H3,(H,23,26)(H,24,27). The van der Waals surface area contributed by atoms with Gasteiger partial charge in [0.25, 0.3) is 0 Å². The molecule has 1 aromatic carbocycles. The van der Waals surface area contributed by atoms with E-state index in [0.717, 1.165) is 24.1 Å². The number of hydrogen-bond donors (Lipinski definition) is 2. The van der Waals surface area contributed by atoms with E-state index in [4.69, 9.17) is 0 Å². The van der Waals surface area contributed by atoms with Crippen LogP contribution >= 0.6 is 0 Å². The Morgan fingerprint density at radius 3 is 2.68 bits per heavy atom. The van der Waals surface area contributed by atoms with Gasteiger partial charge in [0.15, 0.2) is 0 Å². The van der Waals surface area contributed by atoms with Gasteiger partial charge in [-0.1, -0.05) is 19.9 Å². The van der Waals surface area contributed by atoms with Crippen LogP contribution in [-0.4, -0.2) is 29.3 Å². The molecule has 3 amide bonds.